The van der Waals surface area contributed by atoms with E-state index >= 15 is 0 Å². The van der Waals surface area contributed by atoms with Gasteiger partial charge in [0.25, 0.3) is 0 Å². The normalized spacial score (nSPS) is 16.9. The van der Waals surface area contributed by atoms with Crippen LogP contribution in [-0.4, -0.2) is 50.0 Å². The van der Waals surface area contributed by atoms with Crippen LogP contribution in [0.1, 0.15) is 44.5 Å². The first-order valence-corrected chi connectivity index (χ1v) is 16.1. The lowest BCUT2D eigenvalue weighted by Crippen LogP contribution is -2.46. The number of rotatable bonds is 8. The average molecular weight is 560 g/mol. The van der Waals surface area contributed by atoms with Gasteiger partial charge in [-0.1, -0.05) is 39.3 Å². The molecular weight excluding hydrogens is 527 g/mol. The second-order valence-electron chi connectivity index (χ2n) is 11.7. The zero-order valence-corrected chi connectivity index (χ0v) is 25.2. The van der Waals surface area contributed by atoms with E-state index in [0.29, 0.717) is 41.1 Å². The molecule has 1 aliphatic heterocycles. The number of hydrogen-bond donors (Lipinski definition) is 1. The molecule has 201 valence electrons. The van der Waals surface area contributed by atoms with Crippen LogP contribution < -0.4 is 10.1 Å². The van der Waals surface area contributed by atoms with Crippen LogP contribution >= 0.6 is 11.6 Å². The van der Waals surface area contributed by atoms with Crippen molar-refractivity contribution in [2.24, 2.45) is 0 Å². The minimum atomic E-state index is -2.04. The summed E-state index contributed by atoms with van der Waals surface area (Å²) < 4.78 is 6.66. The fourth-order valence-electron chi connectivity index (χ4n) is 4.39. The Hall–Kier alpha value is -3.26. The third-order valence-corrected chi connectivity index (χ3v) is 12.4. The van der Waals surface area contributed by atoms with E-state index in [9.17, 15) is 10.1 Å². The van der Waals surface area contributed by atoms with Crippen molar-refractivity contribution >= 4 is 50.8 Å². The molecule has 1 aliphatic rings. The molecule has 11 heteroatoms. The van der Waals surface area contributed by atoms with Gasteiger partial charge in [0.2, 0.25) is 5.95 Å². The quantitative estimate of drug-likeness (QED) is 0.264. The Morgan fingerprint density at radius 3 is 2.72 bits per heavy atom. The lowest BCUT2D eigenvalue weighted by Gasteiger charge is -2.39. The Morgan fingerprint density at radius 2 is 2.05 bits per heavy atom. The van der Waals surface area contributed by atoms with Crippen LogP contribution in [0.15, 0.2) is 36.7 Å². The number of nitrogens with one attached hydrogen (secondary N) is 1. The number of aromatic nitrogens is 3. The maximum atomic E-state index is 11.5. The fourth-order valence-corrected chi connectivity index (χ4v) is 5.66. The summed E-state index contributed by atoms with van der Waals surface area (Å²) in [5.41, 5.74) is 4.64. The highest BCUT2D eigenvalue weighted by Crippen LogP contribution is 2.46. The zero-order chi connectivity index (χ0) is 28.6. The number of anilines is 3. The fraction of sp³-hybridized carbons (Fsp3) is 0.393. The first-order chi connectivity index (χ1) is 18.3. The topological polar surface area (TPSA) is 104 Å². The van der Waals surface area contributed by atoms with Crippen LogP contribution in [0.2, 0.25) is 23.2 Å². The maximum Gasteiger partial charge on any atom is 0.329 e. The summed E-state index contributed by atoms with van der Waals surface area (Å²) >= 11 is 6.13. The van der Waals surface area contributed by atoms with E-state index < -0.39 is 13.7 Å². The third-order valence-electron chi connectivity index (χ3n) is 7.74. The molecule has 1 atom stereocenters. The van der Waals surface area contributed by atoms with Crippen LogP contribution in [0, 0.1) is 18.3 Å². The van der Waals surface area contributed by atoms with Gasteiger partial charge in [0, 0.05) is 42.2 Å². The molecule has 39 heavy (non-hydrogen) atoms. The van der Waals surface area contributed by atoms with Gasteiger partial charge in [-0.3, -0.25) is 4.98 Å². The van der Waals surface area contributed by atoms with Gasteiger partial charge in [0.1, 0.15) is 12.3 Å². The van der Waals surface area contributed by atoms with Crippen LogP contribution in [0.25, 0.3) is 11.3 Å². The van der Waals surface area contributed by atoms with Crippen molar-refractivity contribution in [3.05, 3.63) is 58.5 Å². The number of nitriles is 1. The minimum absolute atomic E-state index is 0.0558. The maximum absolute atomic E-state index is 11.5. The first kappa shape index (κ1) is 28.7. The molecule has 8 nitrogen and oxygen atoms in total. The van der Waals surface area contributed by atoms with E-state index in [-0.39, 0.29) is 5.04 Å². The largest absolute Gasteiger partial charge is 0.416 e. The Bertz CT molecular complexity index is 1450. The number of aryl methyl sites for hydroxylation is 1. The van der Waals surface area contributed by atoms with Gasteiger partial charge in [-0.15, -0.1) is 0 Å². The Labute approximate surface area is 237 Å². The minimum Gasteiger partial charge on any atom is -0.416 e. The van der Waals surface area contributed by atoms with Gasteiger partial charge >= 0.3 is 7.41 Å². The number of carbonyl (C=O) groups is 1. The van der Waals surface area contributed by atoms with Crippen molar-refractivity contribution in [2.45, 2.75) is 58.2 Å². The van der Waals surface area contributed by atoms with Gasteiger partial charge in [-0.25, -0.2) is 9.97 Å². The molecule has 1 unspecified atom stereocenters. The number of fused-ring (bicyclic) bond motifs is 1. The predicted molar refractivity (Wildman–Crippen MR) is 160 cm³/mol. The van der Waals surface area contributed by atoms with Crippen LogP contribution in [0.4, 0.5) is 17.3 Å². The Morgan fingerprint density at radius 1 is 1.31 bits per heavy atom. The molecule has 3 heterocycles. The molecule has 1 aromatic carbocycles. The standard InChI is InChI=1S/C28H33BClN6O2Si/c1-18-24(12-21(30)14-33-18)35-26-32-9-8-23(34-26)19-10-20(13-31)25-22(11-19)28(5,15-36(25)29-17-37)16-38-39(6,7)27(2,3)4/h8-12,14,17H,15-16H2,1-7H3,(H,32,34,35). The summed E-state index contributed by atoms with van der Waals surface area (Å²) in [5.74, 6) is 0.388. The van der Waals surface area contributed by atoms with E-state index in [1.807, 2.05) is 23.9 Å². The van der Waals surface area contributed by atoms with E-state index in [1.54, 1.807) is 18.5 Å². The van der Waals surface area contributed by atoms with E-state index in [4.69, 9.17) is 21.0 Å². The molecular formula is C28H33BClN6O2Si. The molecule has 0 amide bonds. The first-order valence-electron chi connectivity index (χ1n) is 12.8. The highest BCUT2D eigenvalue weighted by Gasteiger charge is 2.44. The zero-order valence-electron chi connectivity index (χ0n) is 23.5. The van der Waals surface area contributed by atoms with Crippen molar-refractivity contribution < 1.29 is 9.22 Å². The van der Waals surface area contributed by atoms with Crippen molar-refractivity contribution in [2.75, 3.05) is 23.3 Å². The van der Waals surface area contributed by atoms with Gasteiger partial charge in [-0.2, -0.15) is 5.26 Å². The SMILES string of the molecule is Cc1ncc(Cl)cc1Nc1nccc(-c2cc(C#N)c3c(c2)C(C)(CO[Si](C)(C)C(C)(C)C)CN3[B]C=O)n1. The summed E-state index contributed by atoms with van der Waals surface area (Å²) in [6, 6.07) is 9.79. The molecule has 2 aromatic heterocycles. The van der Waals surface area contributed by atoms with E-state index in [0.717, 1.165) is 28.7 Å². The number of carbonyl (C=O) groups excluding carboxylic acids is 1. The van der Waals surface area contributed by atoms with Gasteiger partial charge < -0.3 is 19.3 Å². The predicted octanol–water partition coefficient (Wildman–Crippen LogP) is 6.02. The van der Waals surface area contributed by atoms with Crippen molar-refractivity contribution in [3.63, 3.8) is 0 Å². The highest BCUT2D eigenvalue weighted by molar-refractivity contribution is 6.74. The Balaban J connectivity index is 1.76. The molecule has 1 N–H and O–H groups in total. The molecule has 1 radical (unpaired) electrons. The smallest absolute Gasteiger partial charge is 0.329 e. The van der Waals surface area contributed by atoms with Crippen LogP contribution in [0.3, 0.4) is 0 Å². The number of benzene rings is 1. The number of halogens is 1. The average Bonchev–Trinajstić information content (AvgIpc) is 3.16. The van der Waals surface area contributed by atoms with Gasteiger partial charge in [-0.05, 0) is 54.9 Å². The van der Waals surface area contributed by atoms with Crippen LogP contribution in [-0.2, 0) is 14.6 Å². The van der Waals surface area contributed by atoms with Crippen molar-refractivity contribution in [1.29, 1.82) is 5.26 Å². The second kappa shape index (κ2) is 10.7. The monoisotopic (exact) mass is 559 g/mol. The molecule has 3 aromatic rings. The summed E-state index contributed by atoms with van der Waals surface area (Å²) in [6.45, 7) is 16.1. The summed E-state index contributed by atoms with van der Waals surface area (Å²) in [6.07, 6.45) is 4.02. The summed E-state index contributed by atoms with van der Waals surface area (Å²) in [5, 5.41) is 13.9. The molecule has 0 spiro atoms. The van der Waals surface area contributed by atoms with Gasteiger partial charge in [0.15, 0.2) is 8.32 Å². The molecule has 4 rings (SSSR count). The van der Waals surface area contributed by atoms with Gasteiger partial charge in [0.05, 0.1) is 27.7 Å². The molecule has 0 saturated heterocycles. The highest BCUT2D eigenvalue weighted by atomic mass is 35.5. The number of hydrogen-bond acceptors (Lipinski definition) is 8. The lowest BCUT2D eigenvalue weighted by atomic mass is 9.83. The molecule has 0 saturated carbocycles. The number of nitrogens with zero attached hydrogens (tertiary/aromatic N) is 5. The Kier molecular flexibility index (Phi) is 7.90. The van der Waals surface area contributed by atoms with Crippen molar-refractivity contribution in [3.8, 4) is 17.3 Å². The van der Waals surface area contributed by atoms with Crippen molar-refractivity contribution in [1.82, 2.24) is 15.0 Å². The molecule has 0 bridgehead atoms. The lowest BCUT2D eigenvalue weighted by molar-refractivity contribution is 0.219. The molecule has 0 aliphatic carbocycles. The third kappa shape index (κ3) is 5.86. The molecule has 0 fully saturated rings. The number of pyridine rings is 1. The summed E-state index contributed by atoms with van der Waals surface area (Å²) in [7, 11) is -0.550. The summed E-state index contributed by atoms with van der Waals surface area (Å²) in [4.78, 5) is 26.7. The van der Waals surface area contributed by atoms with Crippen LogP contribution in [0.5, 0.6) is 0 Å². The van der Waals surface area contributed by atoms with E-state index in [2.05, 4.69) is 68.2 Å². The second-order valence-corrected chi connectivity index (χ2v) is 17.0. The van der Waals surface area contributed by atoms with E-state index in [1.165, 1.54) is 7.41 Å².